The van der Waals surface area contributed by atoms with Crippen LogP contribution in [0.1, 0.15) is 49.4 Å². The molecule has 1 aliphatic carbocycles. The van der Waals surface area contributed by atoms with Gasteiger partial charge in [-0.15, -0.1) is 0 Å². The molecule has 33 heavy (non-hydrogen) atoms. The zero-order chi connectivity index (χ0) is 23.0. The van der Waals surface area contributed by atoms with E-state index in [1.807, 2.05) is 67.6 Å². The molecule has 4 heteroatoms. The van der Waals surface area contributed by atoms with Crippen molar-refractivity contribution in [1.82, 2.24) is 0 Å². The van der Waals surface area contributed by atoms with E-state index in [1.165, 1.54) is 17.0 Å². The highest BCUT2D eigenvalue weighted by Gasteiger charge is 2.33. The number of hydrogen-bond acceptors (Lipinski definition) is 3. The van der Waals surface area contributed by atoms with E-state index >= 15 is 0 Å². The molecule has 0 bridgehead atoms. The van der Waals surface area contributed by atoms with E-state index in [9.17, 15) is 9.59 Å². The largest absolute Gasteiger partial charge is 0.458 e. The first-order chi connectivity index (χ1) is 16.2. The van der Waals surface area contributed by atoms with Gasteiger partial charge in [0.25, 0.3) is 0 Å². The Bertz CT molecular complexity index is 1010. The van der Waals surface area contributed by atoms with Crippen molar-refractivity contribution in [3.63, 3.8) is 0 Å². The van der Waals surface area contributed by atoms with Gasteiger partial charge in [0, 0.05) is 5.92 Å². The van der Waals surface area contributed by atoms with Gasteiger partial charge in [0.05, 0.1) is 5.56 Å². The fourth-order valence-corrected chi connectivity index (χ4v) is 7.22. The van der Waals surface area contributed by atoms with Crippen LogP contribution in [0.25, 0.3) is 0 Å². The van der Waals surface area contributed by atoms with Crippen LogP contribution in [0.15, 0.2) is 84.9 Å². The van der Waals surface area contributed by atoms with Gasteiger partial charge in [-0.05, 0) is 48.7 Å². The van der Waals surface area contributed by atoms with Crippen LogP contribution in [0.4, 0.5) is 0 Å². The summed E-state index contributed by atoms with van der Waals surface area (Å²) in [6.07, 6.45) is 6.06. The fourth-order valence-electron chi connectivity index (χ4n) is 4.78. The van der Waals surface area contributed by atoms with Crippen LogP contribution in [0.3, 0.4) is 0 Å². The second-order valence-corrected chi connectivity index (χ2v) is 11.0. The van der Waals surface area contributed by atoms with Crippen LogP contribution in [0.2, 0.25) is 0 Å². The van der Waals surface area contributed by atoms with E-state index in [0.29, 0.717) is 5.56 Å². The molecule has 3 nitrogen and oxygen atoms in total. The van der Waals surface area contributed by atoms with Gasteiger partial charge in [-0.2, -0.15) is 0 Å². The quantitative estimate of drug-likeness (QED) is 0.258. The second-order valence-electron chi connectivity index (χ2n) is 8.79. The van der Waals surface area contributed by atoms with Gasteiger partial charge in [-0.1, -0.05) is 105 Å². The van der Waals surface area contributed by atoms with E-state index in [2.05, 4.69) is 24.3 Å². The summed E-state index contributed by atoms with van der Waals surface area (Å²) >= 11 is 0. The van der Waals surface area contributed by atoms with Crippen molar-refractivity contribution in [3.8, 4) is 0 Å². The predicted octanol–water partition coefficient (Wildman–Crippen LogP) is 5.39. The number of ether oxygens (including phenoxy) is 1. The van der Waals surface area contributed by atoms with Crippen molar-refractivity contribution in [2.24, 2.45) is 11.8 Å². The van der Waals surface area contributed by atoms with Crippen LogP contribution < -0.4 is 15.9 Å². The number of carbonyl (C=O) groups is 2. The highest BCUT2D eigenvalue weighted by molar-refractivity contribution is 7.80. The number of aldehydes is 1. The smallest absolute Gasteiger partial charge is 0.339 e. The summed E-state index contributed by atoms with van der Waals surface area (Å²) in [4.78, 5) is 25.2. The lowest BCUT2D eigenvalue weighted by Crippen LogP contribution is -2.36. The lowest BCUT2D eigenvalue weighted by molar-refractivity contribution is -0.115. The SMILES string of the molecule is C[C@@H](C=O)[C@H](OC(=O)c1ccccc1P(c1ccccc1)c1ccccc1)C1CCCCC1. The third-order valence-corrected chi connectivity index (χ3v) is 8.98. The summed E-state index contributed by atoms with van der Waals surface area (Å²) in [6, 6.07) is 28.5. The van der Waals surface area contributed by atoms with Crippen LogP contribution in [-0.4, -0.2) is 18.4 Å². The molecular weight excluding hydrogens is 427 g/mol. The first-order valence-electron chi connectivity index (χ1n) is 11.8. The molecule has 3 aromatic carbocycles. The summed E-state index contributed by atoms with van der Waals surface area (Å²) in [7, 11) is -0.928. The Hall–Kier alpha value is -2.77. The first-order valence-corrected chi connectivity index (χ1v) is 13.2. The highest BCUT2D eigenvalue weighted by atomic mass is 31.1. The van der Waals surface area contributed by atoms with Crippen LogP contribution >= 0.6 is 7.92 Å². The van der Waals surface area contributed by atoms with E-state index in [-0.39, 0.29) is 23.9 Å². The standard InChI is InChI=1S/C29H31O3P/c1-22(21-30)28(23-13-5-2-6-14-23)32-29(31)26-19-11-12-20-27(26)33(24-15-7-3-8-16-24)25-17-9-4-10-18-25/h3-4,7-12,15-23,28H,2,5-6,13-14H2,1H3/t22-,28-/m0/s1. The van der Waals surface area contributed by atoms with Gasteiger partial charge in [-0.25, -0.2) is 4.79 Å². The van der Waals surface area contributed by atoms with E-state index in [0.717, 1.165) is 37.3 Å². The summed E-state index contributed by atoms with van der Waals surface area (Å²) < 4.78 is 6.13. The maximum atomic E-state index is 13.6. The molecule has 170 valence electrons. The molecule has 2 atom stereocenters. The van der Waals surface area contributed by atoms with Gasteiger partial charge >= 0.3 is 5.97 Å². The third-order valence-electron chi connectivity index (χ3n) is 6.48. The monoisotopic (exact) mass is 458 g/mol. The van der Waals surface area contributed by atoms with Crippen LogP contribution in [0.5, 0.6) is 0 Å². The molecule has 1 aliphatic rings. The molecule has 0 unspecified atom stereocenters. The second kappa shape index (κ2) is 11.4. The van der Waals surface area contributed by atoms with Crippen molar-refractivity contribution < 1.29 is 14.3 Å². The molecule has 4 rings (SSSR count). The molecule has 0 radical (unpaired) electrons. The molecule has 0 heterocycles. The normalized spacial score (nSPS) is 16.2. The number of hydrogen-bond donors (Lipinski definition) is 0. The molecule has 1 saturated carbocycles. The Morgan fingerprint density at radius 1 is 0.848 bits per heavy atom. The van der Waals surface area contributed by atoms with Crippen molar-refractivity contribution in [3.05, 3.63) is 90.5 Å². The fraction of sp³-hybridized carbons (Fsp3) is 0.310. The molecule has 0 spiro atoms. The minimum absolute atomic E-state index is 0.250. The first kappa shape index (κ1) is 23.4. The Morgan fingerprint density at radius 3 is 1.97 bits per heavy atom. The number of carbonyl (C=O) groups excluding carboxylic acids is 2. The minimum Gasteiger partial charge on any atom is -0.458 e. The molecule has 1 fully saturated rings. The molecule has 0 aliphatic heterocycles. The van der Waals surface area contributed by atoms with E-state index in [1.54, 1.807) is 0 Å². The van der Waals surface area contributed by atoms with Crippen LogP contribution in [-0.2, 0) is 9.53 Å². The van der Waals surface area contributed by atoms with Crippen molar-refractivity contribution in [1.29, 1.82) is 0 Å². The maximum absolute atomic E-state index is 13.6. The van der Waals surface area contributed by atoms with Crippen molar-refractivity contribution >= 4 is 36.1 Å². The Labute approximate surface area is 197 Å². The van der Waals surface area contributed by atoms with Crippen molar-refractivity contribution in [2.75, 3.05) is 0 Å². The summed E-state index contributed by atoms with van der Waals surface area (Å²) in [6.45, 7) is 1.87. The molecular formula is C29H31O3P. The average Bonchev–Trinajstić information content (AvgIpc) is 2.89. The molecule has 3 aromatic rings. The Balaban J connectivity index is 1.70. The summed E-state index contributed by atoms with van der Waals surface area (Å²) in [5.41, 5.74) is 0.593. The average molecular weight is 459 g/mol. The van der Waals surface area contributed by atoms with Gasteiger partial charge < -0.3 is 9.53 Å². The maximum Gasteiger partial charge on any atom is 0.339 e. The molecule has 0 aromatic heterocycles. The Morgan fingerprint density at radius 2 is 1.39 bits per heavy atom. The summed E-state index contributed by atoms with van der Waals surface area (Å²) in [5, 5.41) is 3.35. The number of benzene rings is 3. The highest BCUT2D eigenvalue weighted by Crippen LogP contribution is 2.35. The van der Waals surface area contributed by atoms with Gasteiger partial charge in [0.15, 0.2) is 0 Å². The lowest BCUT2D eigenvalue weighted by atomic mass is 9.81. The third kappa shape index (κ3) is 5.60. The summed E-state index contributed by atoms with van der Waals surface area (Å²) in [5.74, 6) is -0.386. The molecule has 0 amide bonds. The predicted molar refractivity (Wildman–Crippen MR) is 136 cm³/mol. The van der Waals surface area contributed by atoms with Crippen molar-refractivity contribution in [2.45, 2.75) is 45.1 Å². The zero-order valence-corrected chi connectivity index (χ0v) is 20.0. The molecule has 0 N–H and O–H groups in total. The number of esters is 1. The minimum atomic E-state index is -0.928. The van der Waals surface area contributed by atoms with Gasteiger partial charge in [0.1, 0.15) is 12.4 Å². The van der Waals surface area contributed by atoms with E-state index < -0.39 is 7.92 Å². The van der Waals surface area contributed by atoms with E-state index in [4.69, 9.17) is 4.74 Å². The van der Waals surface area contributed by atoms with Gasteiger partial charge in [0.2, 0.25) is 0 Å². The number of rotatable bonds is 8. The topological polar surface area (TPSA) is 43.4 Å². The molecule has 0 saturated heterocycles. The van der Waals surface area contributed by atoms with Gasteiger partial charge in [-0.3, -0.25) is 0 Å². The van der Waals surface area contributed by atoms with Crippen LogP contribution in [0, 0.1) is 11.8 Å². The zero-order valence-electron chi connectivity index (χ0n) is 19.1. The lowest BCUT2D eigenvalue weighted by Gasteiger charge is -2.32. The Kier molecular flexibility index (Phi) is 8.07.